The number of hydrogen-bond acceptors (Lipinski definition) is 3. The van der Waals surface area contributed by atoms with Gasteiger partial charge in [-0.3, -0.25) is 4.79 Å². The number of carbonyl (C=O) groups is 2. The normalized spacial score (nSPS) is 9.47. The molecular formula is C11H15N3O3. The summed E-state index contributed by atoms with van der Waals surface area (Å²) in [6.45, 7) is -0.0680. The van der Waals surface area contributed by atoms with Gasteiger partial charge in [0.15, 0.2) is 0 Å². The van der Waals surface area contributed by atoms with Crippen molar-refractivity contribution in [1.29, 1.82) is 0 Å². The Hall–Kier alpha value is -2.08. The number of anilines is 1. The number of carbonyl (C=O) groups excluding carboxylic acids is 2. The molecule has 17 heavy (non-hydrogen) atoms. The van der Waals surface area contributed by atoms with E-state index in [2.05, 4.69) is 16.0 Å². The van der Waals surface area contributed by atoms with Gasteiger partial charge in [0.2, 0.25) is 5.91 Å². The summed E-state index contributed by atoms with van der Waals surface area (Å²) in [7, 11) is 0. The van der Waals surface area contributed by atoms with Crippen LogP contribution in [0.25, 0.3) is 0 Å². The monoisotopic (exact) mass is 237 g/mol. The summed E-state index contributed by atoms with van der Waals surface area (Å²) in [5, 5.41) is 15.9. The topological polar surface area (TPSA) is 90.5 Å². The van der Waals surface area contributed by atoms with Crippen molar-refractivity contribution >= 4 is 17.6 Å². The first-order valence-corrected chi connectivity index (χ1v) is 5.20. The second kappa shape index (κ2) is 7.24. The van der Waals surface area contributed by atoms with Gasteiger partial charge in [-0.05, 0) is 12.1 Å². The molecule has 0 unspecified atom stereocenters. The zero-order valence-electron chi connectivity index (χ0n) is 9.27. The maximum atomic E-state index is 11.3. The van der Waals surface area contributed by atoms with Crippen LogP contribution in [-0.4, -0.2) is 36.7 Å². The lowest BCUT2D eigenvalue weighted by atomic mass is 10.3. The Labute approximate surface area is 99.0 Å². The van der Waals surface area contributed by atoms with E-state index in [1.165, 1.54) is 0 Å². The standard InChI is InChI=1S/C11H15N3O3/c15-7-6-12-10(16)8-13-11(17)14-9-4-2-1-3-5-9/h1-5,15H,6-8H2,(H,12,16)(H2,13,14,17). The highest BCUT2D eigenvalue weighted by atomic mass is 16.3. The molecule has 0 fully saturated rings. The molecule has 6 heteroatoms. The maximum absolute atomic E-state index is 11.3. The van der Waals surface area contributed by atoms with Crippen LogP contribution in [0.2, 0.25) is 0 Å². The van der Waals surface area contributed by atoms with Crippen molar-refractivity contribution in [1.82, 2.24) is 10.6 Å². The summed E-state index contributed by atoms with van der Waals surface area (Å²) < 4.78 is 0. The molecule has 0 spiro atoms. The number of urea groups is 1. The predicted molar refractivity (Wildman–Crippen MR) is 63.6 cm³/mol. The third-order valence-corrected chi connectivity index (χ3v) is 1.88. The lowest BCUT2D eigenvalue weighted by molar-refractivity contribution is -0.120. The van der Waals surface area contributed by atoms with Gasteiger partial charge in [0, 0.05) is 12.2 Å². The van der Waals surface area contributed by atoms with Crippen molar-refractivity contribution in [2.24, 2.45) is 0 Å². The molecule has 3 amide bonds. The highest BCUT2D eigenvalue weighted by Gasteiger charge is 2.04. The average Bonchev–Trinajstić information content (AvgIpc) is 2.35. The van der Waals surface area contributed by atoms with Crippen molar-refractivity contribution < 1.29 is 14.7 Å². The van der Waals surface area contributed by atoms with Gasteiger partial charge in [0.1, 0.15) is 0 Å². The van der Waals surface area contributed by atoms with Crippen LogP contribution in [0.4, 0.5) is 10.5 Å². The molecule has 0 heterocycles. The number of rotatable bonds is 5. The number of amides is 3. The second-order valence-corrected chi connectivity index (χ2v) is 3.25. The molecular weight excluding hydrogens is 222 g/mol. The van der Waals surface area contributed by atoms with E-state index in [0.717, 1.165) is 0 Å². The Morgan fingerprint density at radius 1 is 1.12 bits per heavy atom. The number of nitrogens with one attached hydrogen (secondary N) is 3. The van der Waals surface area contributed by atoms with Crippen LogP contribution in [0.15, 0.2) is 30.3 Å². The van der Waals surface area contributed by atoms with E-state index in [4.69, 9.17) is 5.11 Å². The number of hydrogen-bond donors (Lipinski definition) is 4. The zero-order chi connectivity index (χ0) is 12.5. The summed E-state index contributed by atoms with van der Waals surface area (Å²) in [5.41, 5.74) is 0.653. The average molecular weight is 237 g/mol. The minimum atomic E-state index is -0.449. The van der Waals surface area contributed by atoms with Gasteiger partial charge in [-0.2, -0.15) is 0 Å². The number of para-hydroxylation sites is 1. The van der Waals surface area contributed by atoms with E-state index in [1.807, 2.05) is 6.07 Å². The molecule has 0 bridgehead atoms. The fourth-order valence-corrected chi connectivity index (χ4v) is 1.12. The molecule has 0 atom stereocenters. The summed E-state index contributed by atoms with van der Waals surface area (Å²) in [6, 6.07) is 8.46. The van der Waals surface area contributed by atoms with E-state index in [1.54, 1.807) is 24.3 Å². The van der Waals surface area contributed by atoms with E-state index >= 15 is 0 Å². The SMILES string of the molecule is O=C(CNC(=O)Nc1ccccc1)NCCO. The molecule has 1 aromatic rings. The van der Waals surface area contributed by atoms with Crippen LogP contribution < -0.4 is 16.0 Å². The van der Waals surface area contributed by atoms with Crippen LogP contribution in [0, 0.1) is 0 Å². The molecule has 0 aliphatic carbocycles. The minimum absolute atomic E-state index is 0.123. The first kappa shape index (κ1) is 13.0. The summed E-state index contributed by atoms with van der Waals surface area (Å²) in [4.78, 5) is 22.4. The van der Waals surface area contributed by atoms with Crippen LogP contribution in [0.5, 0.6) is 0 Å². The van der Waals surface area contributed by atoms with E-state index in [-0.39, 0.29) is 25.6 Å². The summed E-state index contributed by atoms with van der Waals surface area (Å²) >= 11 is 0. The molecule has 0 aromatic heterocycles. The third kappa shape index (κ3) is 5.53. The van der Waals surface area contributed by atoms with Gasteiger partial charge in [0.05, 0.1) is 13.2 Å². The van der Waals surface area contributed by atoms with Crippen molar-refractivity contribution in [2.75, 3.05) is 25.0 Å². The smallest absolute Gasteiger partial charge is 0.319 e. The Morgan fingerprint density at radius 3 is 2.47 bits per heavy atom. The number of aliphatic hydroxyl groups is 1. The fraction of sp³-hybridized carbons (Fsp3) is 0.273. The van der Waals surface area contributed by atoms with E-state index in [0.29, 0.717) is 5.69 Å². The van der Waals surface area contributed by atoms with Crippen molar-refractivity contribution in [3.8, 4) is 0 Å². The van der Waals surface area contributed by atoms with Crippen molar-refractivity contribution in [3.05, 3.63) is 30.3 Å². The zero-order valence-corrected chi connectivity index (χ0v) is 9.27. The Bertz CT molecular complexity index is 367. The second-order valence-electron chi connectivity index (χ2n) is 3.25. The van der Waals surface area contributed by atoms with Gasteiger partial charge in [-0.1, -0.05) is 18.2 Å². The predicted octanol–water partition coefficient (Wildman–Crippen LogP) is -0.0834. The van der Waals surface area contributed by atoms with Gasteiger partial charge in [-0.25, -0.2) is 4.79 Å². The number of benzene rings is 1. The van der Waals surface area contributed by atoms with Gasteiger partial charge in [0.25, 0.3) is 0 Å². The first-order valence-electron chi connectivity index (χ1n) is 5.20. The largest absolute Gasteiger partial charge is 0.395 e. The minimum Gasteiger partial charge on any atom is -0.395 e. The lowest BCUT2D eigenvalue weighted by Crippen LogP contribution is -2.39. The molecule has 6 nitrogen and oxygen atoms in total. The van der Waals surface area contributed by atoms with Gasteiger partial charge >= 0.3 is 6.03 Å². The highest BCUT2D eigenvalue weighted by Crippen LogP contribution is 2.03. The highest BCUT2D eigenvalue weighted by molar-refractivity contribution is 5.92. The van der Waals surface area contributed by atoms with Crippen LogP contribution >= 0.6 is 0 Å². The Morgan fingerprint density at radius 2 is 1.82 bits per heavy atom. The summed E-state index contributed by atoms with van der Waals surface area (Å²) in [6.07, 6.45) is 0. The maximum Gasteiger partial charge on any atom is 0.319 e. The molecule has 0 saturated heterocycles. The molecule has 0 saturated carbocycles. The molecule has 0 aliphatic heterocycles. The van der Waals surface area contributed by atoms with Gasteiger partial charge in [-0.15, -0.1) is 0 Å². The molecule has 0 radical (unpaired) electrons. The number of aliphatic hydroxyl groups excluding tert-OH is 1. The molecule has 1 rings (SSSR count). The van der Waals surface area contributed by atoms with E-state index in [9.17, 15) is 9.59 Å². The van der Waals surface area contributed by atoms with Crippen molar-refractivity contribution in [2.45, 2.75) is 0 Å². The van der Waals surface area contributed by atoms with Crippen LogP contribution in [0.3, 0.4) is 0 Å². The molecule has 92 valence electrons. The Kier molecular flexibility index (Phi) is 5.53. The van der Waals surface area contributed by atoms with E-state index < -0.39 is 6.03 Å². The molecule has 0 aliphatic rings. The quantitative estimate of drug-likeness (QED) is 0.577. The Balaban J connectivity index is 2.24. The summed E-state index contributed by atoms with van der Waals surface area (Å²) in [5.74, 6) is -0.345. The third-order valence-electron chi connectivity index (χ3n) is 1.88. The fourth-order valence-electron chi connectivity index (χ4n) is 1.12. The molecule has 4 N–H and O–H groups in total. The lowest BCUT2D eigenvalue weighted by Gasteiger charge is -2.07. The van der Waals surface area contributed by atoms with Crippen molar-refractivity contribution in [3.63, 3.8) is 0 Å². The van der Waals surface area contributed by atoms with Gasteiger partial charge < -0.3 is 21.1 Å². The first-order chi connectivity index (χ1) is 8.22. The van der Waals surface area contributed by atoms with Crippen LogP contribution in [0.1, 0.15) is 0 Å². The molecule has 1 aromatic carbocycles. The van der Waals surface area contributed by atoms with Crippen LogP contribution in [-0.2, 0) is 4.79 Å².